The van der Waals surface area contributed by atoms with Crippen molar-refractivity contribution in [1.82, 2.24) is 25.8 Å². The number of aromatic nitrogens is 1. The Morgan fingerprint density at radius 1 is 0.959 bits per heavy atom. The van der Waals surface area contributed by atoms with Crippen LogP contribution in [0.3, 0.4) is 0 Å². The largest absolute Gasteiger partial charge is 0.370 e. The number of fused-ring (bicyclic) bond motifs is 1. The number of nitrogens with zero attached hydrogens (tertiary/aromatic N) is 2. The van der Waals surface area contributed by atoms with Gasteiger partial charge in [0.15, 0.2) is 5.96 Å². The maximum atomic E-state index is 13.9. The van der Waals surface area contributed by atoms with Crippen molar-refractivity contribution in [2.75, 3.05) is 19.6 Å². The van der Waals surface area contributed by atoms with E-state index in [1.54, 1.807) is 11.1 Å². The number of benzene rings is 1. The second-order valence-corrected chi connectivity index (χ2v) is 13.0. The summed E-state index contributed by atoms with van der Waals surface area (Å²) in [6.45, 7) is 4.88. The Balaban J connectivity index is 1.86. The summed E-state index contributed by atoms with van der Waals surface area (Å²) in [4.78, 5) is 75.2. The van der Waals surface area contributed by atoms with Gasteiger partial charge in [0.05, 0.1) is 6.04 Å². The average molecular weight is 684 g/mol. The summed E-state index contributed by atoms with van der Waals surface area (Å²) in [7, 11) is 0. The molecule has 49 heavy (non-hydrogen) atoms. The molecule has 1 aliphatic heterocycles. The maximum Gasteiger partial charge on any atom is 0.245 e. The summed E-state index contributed by atoms with van der Waals surface area (Å²) in [5.41, 5.74) is 30.0. The maximum absolute atomic E-state index is 13.9. The van der Waals surface area contributed by atoms with Crippen LogP contribution in [0.2, 0.25) is 0 Å². The van der Waals surface area contributed by atoms with Crippen LogP contribution in [0.1, 0.15) is 64.4 Å². The predicted octanol–water partition coefficient (Wildman–Crippen LogP) is -1.19. The summed E-state index contributed by atoms with van der Waals surface area (Å²) in [6, 6.07) is 3.14. The number of aromatic amines is 1. The highest BCUT2D eigenvalue weighted by Gasteiger charge is 2.35. The molecule has 5 atom stereocenters. The van der Waals surface area contributed by atoms with Gasteiger partial charge in [-0.25, -0.2) is 0 Å². The smallest absolute Gasteiger partial charge is 0.245 e. The molecule has 0 saturated carbocycles. The number of aliphatic imine (C=N–C) groups is 1. The average Bonchev–Trinajstić information content (AvgIpc) is 3.70. The fraction of sp³-hybridized carbons (Fsp3) is 0.576. The lowest BCUT2D eigenvalue weighted by Gasteiger charge is -2.30. The number of carbonyl (C=O) groups is 5. The van der Waals surface area contributed by atoms with Gasteiger partial charge in [0.1, 0.15) is 18.1 Å². The number of hydrogen-bond donors (Lipinski definition) is 9. The number of nitrogens with one attached hydrogen (secondary N) is 4. The van der Waals surface area contributed by atoms with Crippen LogP contribution in [0.4, 0.5) is 0 Å². The van der Waals surface area contributed by atoms with Gasteiger partial charge in [-0.05, 0) is 56.1 Å². The van der Waals surface area contributed by atoms with E-state index < -0.39 is 47.8 Å². The zero-order valence-electron chi connectivity index (χ0n) is 28.5. The summed E-state index contributed by atoms with van der Waals surface area (Å²) in [5.74, 6) is -2.82. The van der Waals surface area contributed by atoms with Crippen molar-refractivity contribution in [3.63, 3.8) is 0 Å². The van der Waals surface area contributed by atoms with E-state index in [1.165, 1.54) is 0 Å². The molecule has 1 aromatic carbocycles. The number of para-hydroxylation sites is 1. The lowest BCUT2D eigenvalue weighted by atomic mass is 10.0. The first-order chi connectivity index (χ1) is 23.3. The first kappa shape index (κ1) is 38.7. The molecule has 0 spiro atoms. The Labute approximate surface area is 286 Å². The molecule has 16 nitrogen and oxygen atoms in total. The highest BCUT2D eigenvalue weighted by atomic mass is 16.2. The fourth-order valence-electron chi connectivity index (χ4n) is 6.06. The molecule has 14 N–H and O–H groups in total. The van der Waals surface area contributed by atoms with Crippen LogP contribution in [-0.4, -0.2) is 95.2 Å². The van der Waals surface area contributed by atoms with E-state index >= 15 is 0 Å². The molecule has 16 heteroatoms. The van der Waals surface area contributed by atoms with Gasteiger partial charge in [-0.15, -0.1) is 0 Å². The molecule has 1 aromatic heterocycles. The Morgan fingerprint density at radius 3 is 2.31 bits per heavy atom. The summed E-state index contributed by atoms with van der Waals surface area (Å²) < 4.78 is 0. The fourth-order valence-corrected chi connectivity index (χ4v) is 6.06. The Kier molecular flexibility index (Phi) is 14.8. The van der Waals surface area contributed by atoms with Crippen LogP contribution in [0, 0.1) is 5.92 Å². The first-order valence-electron chi connectivity index (χ1n) is 16.9. The zero-order valence-corrected chi connectivity index (χ0v) is 28.5. The van der Waals surface area contributed by atoms with Crippen molar-refractivity contribution in [2.24, 2.45) is 39.6 Å². The minimum atomic E-state index is -1.26. The van der Waals surface area contributed by atoms with Gasteiger partial charge in [0.2, 0.25) is 29.5 Å². The molecule has 1 fully saturated rings. The minimum absolute atomic E-state index is 0.0848. The van der Waals surface area contributed by atoms with Crippen LogP contribution < -0.4 is 44.6 Å². The summed E-state index contributed by atoms with van der Waals surface area (Å²) >= 11 is 0. The predicted molar refractivity (Wildman–Crippen MR) is 187 cm³/mol. The Morgan fingerprint density at radius 2 is 1.63 bits per heavy atom. The monoisotopic (exact) mass is 683 g/mol. The Bertz CT molecular complexity index is 1470. The molecule has 1 aliphatic rings. The van der Waals surface area contributed by atoms with Gasteiger partial charge in [-0.1, -0.05) is 32.0 Å². The molecular weight excluding hydrogens is 630 g/mol. The minimum Gasteiger partial charge on any atom is -0.370 e. The van der Waals surface area contributed by atoms with Gasteiger partial charge in [0, 0.05) is 55.6 Å². The van der Waals surface area contributed by atoms with Crippen molar-refractivity contribution < 1.29 is 24.0 Å². The standard InChI is InChI=1S/C33H53N11O5/c1-19(2)15-23(35)29(46)43-27(16-20-18-40-24-9-4-3-8-22(20)24)31(48)41-25(11-12-28(36)45)30(47)42-26(10-5-13-39-33(37)38)32(49)44-14-6-7-21(44)17-34/h3-4,8-9,18-19,21,23,25-27,40H,5-7,10-17,34-35H2,1-2H3,(H2,36,45)(H,41,48)(H,42,47)(H,43,46)(H4,37,38,39)/t21-,23-,25-,26-,27-/m0/s1. The number of nitrogens with two attached hydrogens (primary N) is 5. The van der Waals surface area contributed by atoms with Crippen LogP contribution in [0.15, 0.2) is 35.5 Å². The number of guanidine groups is 1. The molecule has 1 saturated heterocycles. The van der Waals surface area contributed by atoms with E-state index in [0.717, 1.165) is 29.3 Å². The molecule has 2 heterocycles. The van der Waals surface area contributed by atoms with E-state index in [2.05, 4.69) is 25.9 Å². The lowest BCUT2D eigenvalue weighted by Crippen LogP contribution is -2.59. The van der Waals surface area contributed by atoms with Crippen LogP contribution in [0.5, 0.6) is 0 Å². The number of amides is 5. The third-order valence-electron chi connectivity index (χ3n) is 8.60. The molecule has 0 aliphatic carbocycles. The number of rotatable bonds is 19. The van der Waals surface area contributed by atoms with Crippen LogP contribution in [-0.2, 0) is 30.4 Å². The van der Waals surface area contributed by atoms with E-state index in [9.17, 15) is 24.0 Å². The molecule has 0 unspecified atom stereocenters. The molecule has 0 radical (unpaired) electrons. The number of primary amides is 1. The second kappa shape index (κ2) is 18.7. The van der Waals surface area contributed by atoms with Gasteiger partial charge < -0.3 is 54.5 Å². The number of H-pyrrole nitrogens is 1. The highest BCUT2D eigenvalue weighted by molar-refractivity contribution is 5.95. The van der Waals surface area contributed by atoms with Crippen LogP contribution >= 0.6 is 0 Å². The molecule has 270 valence electrons. The van der Waals surface area contributed by atoms with Gasteiger partial charge in [-0.3, -0.25) is 29.0 Å². The first-order valence-corrected chi connectivity index (χ1v) is 16.9. The van der Waals surface area contributed by atoms with E-state index in [-0.39, 0.29) is 62.6 Å². The molecular formula is C33H53N11O5. The van der Waals surface area contributed by atoms with Crippen molar-refractivity contribution in [3.8, 4) is 0 Å². The molecule has 0 bridgehead atoms. The van der Waals surface area contributed by atoms with Gasteiger partial charge in [0.25, 0.3) is 0 Å². The van der Waals surface area contributed by atoms with Crippen molar-refractivity contribution in [3.05, 3.63) is 36.0 Å². The Hall–Kier alpha value is -4.70. The zero-order chi connectivity index (χ0) is 36.1. The molecule has 2 aromatic rings. The lowest BCUT2D eigenvalue weighted by molar-refractivity contribution is -0.138. The number of hydrogen-bond acceptors (Lipinski definition) is 8. The topological polar surface area (TPSA) is 283 Å². The van der Waals surface area contributed by atoms with E-state index in [4.69, 9.17) is 28.7 Å². The van der Waals surface area contributed by atoms with Crippen molar-refractivity contribution >= 4 is 46.4 Å². The number of likely N-dealkylation sites (tertiary alicyclic amines) is 1. The number of carbonyl (C=O) groups excluding carboxylic acids is 5. The van der Waals surface area contributed by atoms with Crippen molar-refractivity contribution in [1.29, 1.82) is 0 Å². The molecule has 3 rings (SSSR count). The van der Waals surface area contributed by atoms with Crippen molar-refractivity contribution in [2.45, 2.75) is 95.4 Å². The van der Waals surface area contributed by atoms with Gasteiger partial charge >= 0.3 is 0 Å². The highest BCUT2D eigenvalue weighted by Crippen LogP contribution is 2.21. The van der Waals surface area contributed by atoms with E-state index in [1.807, 2.05) is 38.1 Å². The third-order valence-corrected chi connectivity index (χ3v) is 8.60. The normalized spacial score (nSPS) is 16.8. The SMILES string of the molecule is CC(C)C[C@H](N)C(=O)N[C@@H](Cc1c[nH]c2ccccc12)C(=O)N[C@@H](CCC(N)=O)C(=O)N[C@@H](CCCN=C(N)N)C(=O)N1CCC[C@H]1CN. The molecule has 5 amide bonds. The summed E-state index contributed by atoms with van der Waals surface area (Å²) in [6.07, 6.45) is 4.00. The van der Waals surface area contributed by atoms with Crippen LogP contribution in [0.25, 0.3) is 10.9 Å². The van der Waals surface area contributed by atoms with E-state index in [0.29, 0.717) is 19.4 Å². The third kappa shape index (κ3) is 11.7. The second-order valence-electron chi connectivity index (χ2n) is 13.0. The van der Waals surface area contributed by atoms with Gasteiger partial charge in [-0.2, -0.15) is 0 Å². The quantitative estimate of drug-likeness (QED) is 0.0488. The summed E-state index contributed by atoms with van der Waals surface area (Å²) in [5, 5.41) is 9.12.